The zero-order valence-electron chi connectivity index (χ0n) is 10.6. The molecule has 8 nitrogen and oxygen atoms in total. The third kappa shape index (κ3) is 1.58. The molecule has 0 amide bonds. The minimum atomic E-state index is -4.26. The summed E-state index contributed by atoms with van der Waals surface area (Å²) in [4.78, 5) is 16.6. The Kier molecular flexibility index (Phi) is 2.38. The van der Waals surface area contributed by atoms with Crippen molar-refractivity contribution < 1.29 is 27.7 Å². The van der Waals surface area contributed by atoms with Gasteiger partial charge in [0.05, 0.1) is 4.47 Å². The molecule has 11 heteroatoms. The Morgan fingerprint density at radius 1 is 1.13 bits per heavy atom. The number of aromatic hydroxyl groups is 1. The van der Waals surface area contributed by atoms with E-state index < -0.39 is 13.3 Å². The van der Waals surface area contributed by atoms with E-state index in [0.29, 0.717) is 5.52 Å². The maximum absolute atomic E-state index is 12.8. The minimum absolute atomic E-state index is 0.00155. The van der Waals surface area contributed by atoms with Crippen LogP contribution in [0.5, 0.6) is 23.0 Å². The molecule has 0 spiro atoms. The van der Waals surface area contributed by atoms with E-state index in [9.17, 15) is 14.5 Å². The molecule has 5 bridgehead atoms. The van der Waals surface area contributed by atoms with Crippen molar-refractivity contribution in [3.8, 4) is 34.5 Å². The van der Waals surface area contributed by atoms with Crippen LogP contribution in [0.4, 0.5) is 0 Å². The molecule has 0 fully saturated rings. The highest BCUT2D eigenvalue weighted by Gasteiger charge is 2.47. The standard InChI is InChI=1S/C12H2Br2NO7P/c13-2-1-3-8-11(6(2)16)21-23(18)20-9-4(14)7(17)12(22-23)10(19-8)5(9)15-3/h1,16H. The Bertz CT molecular complexity index is 1140. The average molecular weight is 463 g/mol. The molecule has 5 aliphatic rings. The third-order valence-corrected chi connectivity index (χ3v) is 5.97. The molecule has 1 aliphatic carbocycles. The average Bonchev–Trinajstić information content (AvgIpc) is 2.64. The summed E-state index contributed by atoms with van der Waals surface area (Å²) in [6.45, 7) is 0. The number of phenolic OH excluding ortho intramolecular Hbond substituents is 1. The number of phosphoric acid groups is 1. The van der Waals surface area contributed by atoms with Gasteiger partial charge >= 0.3 is 7.82 Å². The van der Waals surface area contributed by atoms with Crippen molar-refractivity contribution in [3.63, 3.8) is 0 Å². The number of hydrogen-bond donors (Lipinski definition) is 1. The summed E-state index contributed by atoms with van der Waals surface area (Å²) in [7, 11) is -4.26. The molecule has 4 heterocycles. The first-order chi connectivity index (χ1) is 10.9. The summed E-state index contributed by atoms with van der Waals surface area (Å²) in [5.74, 6) is -1.04. The van der Waals surface area contributed by atoms with Crippen molar-refractivity contribution in [2.45, 2.75) is 0 Å². The smallest absolute Gasteiger partial charge is 0.503 e. The van der Waals surface area contributed by atoms with Crippen LogP contribution in [0.2, 0.25) is 0 Å². The van der Waals surface area contributed by atoms with Crippen LogP contribution in [0.3, 0.4) is 0 Å². The Hall–Kier alpha value is -1.77. The quantitative estimate of drug-likeness (QED) is 0.397. The minimum Gasteiger partial charge on any atom is -0.503 e. The van der Waals surface area contributed by atoms with E-state index in [4.69, 9.17) is 18.0 Å². The molecule has 0 saturated heterocycles. The van der Waals surface area contributed by atoms with Crippen molar-refractivity contribution in [2.75, 3.05) is 0 Å². The van der Waals surface area contributed by atoms with Gasteiger partial charge in [0.1, 0.15) is 9.99 Å². The zero-order chi connectivity index (χ0) is 16.1. The lowest BCUT2D eigenvalue weighted by molar-refractivity contribution is 0.293. The van der Waals surface area contributed by atoms with E-state index in [-0.39, 0.29) is 49.0 Å². The number of fused-ring (bicyclic) bond motifs is 1. The third-order valence-electron chi connectivity index (χ3n) is 3.43. The Morgan fingerprint density at radius 3 is 2.61 bits per heavy atom. The maximum atomic E-state index is 12.8. The van der Waals surface area contributed by atoms with Crippen LogP contribution in [0, 0.1) is 0 Å². The molecular formula is C12H2Br2NO7P. The molecule has 0 saturated carbocycles. The molecule has 0 radical (unpaired) electrons. The highest BCUT2D eigenvalue weighted by Crippen LogP contribution is 2.62. The fourth-order valence-corrected chi connectivity index (χ4v) is 4.72. The van der Waals surface area contributed by atoms with Crippen molar-refractivity contribution >= 4 is 50.8 Å². The van der Waals surface area contributed by atoms with Gasteiger partial charge in [-0.1, -0.05) is 0 Å². The van der Waals surface area contributed by atoms with Gasteiger partial charge in [0, 0.05) is 0 Å². The van der Waals surface area contributed by atoms with Gasteiger partial charge in [0.2, 0.25) is 22.7 Å². The number of phenols is 1. The fourth-order valence-electron chi connectivity index (χ4n) is 2.45. The zero-order valence-corrected chi connectivity index (χ0v) is 14.7. The highest BCUT2D eigenvalue weighted by atomic mass is 79.9. The van der Waals surface area contributed by atoms with Crippen LogP contribution in [0.25, 0.3) is 22.6 Å². The van der Waals surface area contributed by atoms with E-state index in [1.54, 1.807) is 0 Å². The number of halogens is 2. The fraction of sp³-hybridized carbons (Fsp3) is 0. The van der Waals surface area contributed by atoms with Crippen molar-refractivity contribution in [3.05, 3.63) is 25.2 Å². The van der Waals surface area contributed by atoms with Crippen LogP contribution >= 0.6 is 39.7 Å². The summed E-state index contributed by atoms with van der Waals surface area (Å²) in [5.41, 5.74) is -0.0933. The van der Waals surface area contributed by atoms with Gasteiger partial charge in [-0.05, 0) is 37.9 Å². The lowest BCUT2D eigenvalue weighted by Crippen LogP contribution is -2.10. The number of aromatic nitrogens is 1. The summed E-state index contributed by atoms with van der Waals surface area (Å²) >= 11 is 6.24. The molecule has 0 aromatic heterocycles. The summed E-state index contributed by atoms with van der Waals surface area (Å²) in [5, 5.41) is 10.2. The van der Waals surface area contributed by atoms with Crippen LogP contribution in [-0.2, 0) is 4.57 Å². The number of hydrogen-bond acceptors (Lipinski definition) is 8. The van der Waals surface area contributed by atoms with Crippen LogP contribution in [0.15, 0.2) is 24.2 Å². The number of nitrogens with zero attached hydrogens (tertiary/aromatic N) is 1. The van der Waals surface area contributed by atoms with E-state index in [1.165, 1.54) is 6.07 Å². The molecule has 1 aromatic rings. The number of rotatable bonds is 0. The largest absolute Gasteiger partial charge is 0.647 e. The van der Waals surface area contributed by atoms with Gasteiger partial charge in [-0.25, -0.2) is 4.98 Å². The first-order valence-electron chi connectivity index (χ1n) is 6.08. The first-order valence-corrected chi connectivity index (χ1v) is 9.13. The lowest BCUT2D eigenvalue weighted by Gasteiger charge is -2.18. The van der Waals surface area contributed by atoms with Crippen LogP contribution < -0.4 is 19.0 Å². The van der Waals surface area contributed by atoms with Crippen molar-refractivity contribution in [2.24, 2.45) is 0 Å². The molecule has 23 heavy (non-hydrogen) atoms. The van der Waals surface area contributed by atoms with Crippen molar-refractivity contribution in [1.29, 1.82) is 0 Å². The predicted molar refractivity (Wildman–Crippen MR) is 83.5 cm³/mol. The molecule has 1 N–H and O–H groups in total. The molecule has 1 unspecified atom stereocenters. The van der Waals surface area contributed by atoms with Gasteiger partial charge in [-0.15, -0.1) is 0 Å². The van der Waals surface area contributed by atoms with E-state index in [1.807, 2.05) is 0 Å². The topological polar surface area (TPSA) is 108 Å². The Morgan fingerprint density at radius 2 is 1.83 bits per heavy atom. The Labute approximate surface area is 143 Å². The molecule has 116 valence electrons. The van der Waals surface area contributed by atoms with Gasteiger partial charge in [0.25, 0.3) is 0 Å². The van der Waals surface area contributed by atoms with E-state index >= 15 is 0 Å². The highest BCUT2D eigenvalue weighted by molar-refractivity contribution is 9.10. The van der Waals surface area contributed by atoms with Gasteiger partial charge in [0.15, 0.2) is 22.8 Å². The van der Waals surface area contributed by atoms with E-state index in [2.05, 4.69) is 36.8 Å². The van der Waals surface area contributed by atoms with Gasteiger partial charge in [-0.3, -0.25) is 4.79 Å². The van der Waals surface area contributed by atoms with E-state index in [0.717, 1.165) is 0 Å². The predicted octanol–water partition coefficient (Wildman–Crippen LogP) is 3.80. The van der Waals surface area contributed by atoms with Gasteiger partial charge < -0.3 is 23.1 Å². The molecule has 1 aromatic carbocycles. The van der Waals surface area contributed by atoms with Crippen molar-refractivity contribution in [1.82, 2.24) is 4.98 Å². The molecular weight excluding hydrogens is 461 g/mol. The molecule has 6 rings (SSSR count). The summed E-state index contributed by atoms with van der Waals surface area (Å²) < 4.78 is 34.5. The summed E-state index contributed by atoms with van der Waals surface area (Å²) in [6.07, 6.45) is 0. The molecule has 1 atom stereocenters. The lowest BCUT2D eigenvalue weighted by atomic mass is 10.1. The SMILES string of the molecule is O=c1c(Br)c2c3nc4cc(Br)c(O)c5c4oc-3c1OP(=O)(O2)O5. The van der Waals surface area contributed by atoms with Crippen LogP contribution in [-0.4, -0.2) is 10.1 Å². The maximum Gasteiger partial charge on any atom is 0.647 e. The second kappa shape index (κ2) is 4.00. The number of benzene rings is 2. The molecule has 4 aliphatic heterocycles. The summed E-state index contributed by atoms with van der Waals surface area (Å²) in [6, 6.07) is 1.50. The monoisotopic (exact) mass is 461 g/mol. The number of phosphoric ester groups is 1. The first kappa shape index (κ1) is 13.6. The van der Waals surface area contributed by atoms with Crippen LogP contribution in [0.1, 0.15) is 0 Å². The Balaban J connectivity index is 2.15. The second-order valence-electron chi connectivity index (χ2n) is 4.80. The normalized spacial score (nSPS) is 20.6. The second-order valence-corrected chi connectivity index (χ2v) is 7.89. The van der Waals surface area contributed by atoms with Gasteiger partial charge in [-0.2, -0.15) is 4.57 Å².